The number of terminal acetylenes is 3. The molecule has 2 unspecified atom stereocenters. The molecule has 19 rings (SSSR count). The number of pyridine rings is 9. The lowest BCUT2D eigenvalue weighted by Gasteiger charge is -2.40. The van der Waals surface area contributed by atoms with Crippen molar-refractivity contribution in [1.29, 1.82) is 15.8 Å². The van der Waals surface area contributed by atoms with Crippen LogP contribution in [0.15, 0.2) is 196 Å². The lowest BCUT2D eigenvalue weighted by Crippen LogP contribution is -2.52. The average molecular weight is 1610 g/mol. The molecule has 3 amide bonds. The summed E-state index contributed by atoms with van der Waals surface area (Å²) in [5, 5.41) is 63.7. The first-order chi connectivity index (χ1) is 59.4. The second kappa shape index (κ2) is 33.2. The van der Waals surface area contributed by atoms with Crippen molar-refractivity contribution in [3.63, 3.8) is 0 Å². The lowest BCUT2D eigenvalue weighted by atomic mass is 9.76. The predicted octanol–water partition coefficient (Wildman–Crippen LogP) is 11.8. The highest BCUT2D eigenvalue weighted by Crippen LogP contribution is 2.50. The van der Waals surface area contributed by atoms with Gasteiger partial charge in [-0.05, 0) is 141 Å². The monoisotopic (exact) mass is 1610 g/mol. The highest BCUT2D eigenvalue weighted by atomic mass is 19.1. The molecule has 1 saturated carbocycles. The van der Waals surface area contributed by atoms with Gasteiger partial charge in [0.05, 0.1) is 82.3 Å². The molecule has 30 nitrogen and oxygen atoms in total. The minimum absolute atomic E-state index is 0.0878. The summed E-state index contributed by atoms with van der Waals surface area (Å²) in [5.41, 5.74) is 15.5. The normalized spacial score (nSPS) is 15.2. The minimum atomic E-state index is -0.579. The fourth-order valence-electron chi connectivity index (χ4n) is 16.2. The van der Waals surface area contributed by atoms with E-state index in [9.17, 15) is 34.6 Å². The van der Waals surface area contributed by atoms with E-state index in [1.165, 1.54) is 12.1 Å². The molecule has 4 aliphatic rings. The van der Waals surface area contributed by atoms with E-state index in [-0.39, 0.29) is 52.4 Å². The number of hydrogen-bond acceptors (Lipinski definition) is 21. The Hall–Kier alpha value is -16.5. The summed E-state index contributed by atoms with van der Waals surface area (Å²) in [7, 11) is 5.61. The molecule has 31 heteroatoms. The maximum atomic E-state index is 13.7. The molecule has 1 aliphatic carbocycles. The number of carbonyl (C=O) groups excluding carboxylic acids is 3. The van der Waals surface area contributed by atoms with Gasteiger partial charge < -0.3 is 30.7 Å². The number of amides is 3. The van der Waals surface area contributed by atoms with Gasteiger partial charge in [-0.25, -0.2) is 47.8 Å². The number of aromatic nitrogens is 18. The van der Waals surface area contributed by atoms with Crippen LogP contribution in [0.1, 0.15) is 72.3 Å². The van der Waals surface area contributed by atoms with E-state index in [1.807, 2.05) is 118 Å². The first-order valence-corrected chi connectivity index (χ1v) is 39.2. The van der Waals surface area contributed by atoms with Crippen LogP contribution in [0.25, 0.3) is 83.3 Å². The van der Waals surface area contributed by atoms with Crippen LogP contribution in [0, 0.1) is 100 Å². The minimum Gasteiger partial charge on any atom is -0.357 e. The molecule has 4 fully saturated rings. The van der Waals surface area contributed by atoms with Crippen molar-refractivity contribution < 1.29 is 18.8 Å². The SMILES string of the molecule is C#Cc1cccc(NC(=O)C2CCN(c3ccc(-c4cc(-c5cnn(C)c5)cn5ncc(C#N)c45)cn3)C2)n1.C#Cc1cccc(NC(=O)C2CN(c3ccc(-c4cc(-c5cnn(C)c5)cn5ncc(C#N)c45)cn3)C2)n1.C#Cc1nc(NC(=O)C2CCC3(CCN(c4ccc(-c5cc(-c6cnn(C)c6)cn6ncc(C#N)c56)cn4)CC3)C2)ccc1F. The van der Waals surface area contributed by atoms with Crippen LogP contribution in [0.2, 0.25) is 0 Å². The summed E-state index contributed by atoms with van der Waals surface area (Å²) in [6.45, 7) is 4.07. The number of carbonyl (C=O) groups is 3. The van der Waals surface area contributed by atoms with Crippen LogP contribution in [0.3, 0.4) is 0 Å². The molecule has 3 saturated heterocycles. The van der Waals surface area contributed by atoms with E-state index in [4.69, 9.17) is 29.2 Å². The van der Waals surface area contributed by atoms with Crippen molar-refractivity contribution in [2.24, 2.45) is 44.3 Å². The van der Waals surface area contributed by atoms with E-state index in [0.29, 0.717) is 72.3 Å². The Balaban J connectivity index is 0.000000131. The van der Waals surface area contributed by atoms with Gasteiger partial charge >= 0.3 is 0 Å². The summed E-state index contributed by atoms with van der Waals surface area (Å²) in [5.74, 6) is 9.47. The summed E-state index contributed by atoms with van der Waals surface area (Å²) in [4.78, 5) is 71.7. The predicted molar refractivity (Wildman–Crippen MR) is 456 cm³/mol. The Bertz CT molecular complexity index is 6850. The van der Waals surface area contributed by atoms with Crippen LogP contribution in [0.4, 0.5) is 39.3 Å². The van der Waals surface area contributed by atoms with Crippen molar-refractivity contribution in [3.8, 4) is 122 Å². The van der Waals surface area contributed by atoms with Gasteiger partial charge in [-0.2, -0.15) is 46.4 Å². The number of nitrogens with zero attached hydrogens (tertiary/aromatic N) is 24. The van der Waals surface area contributed by atoms with Crippen LogP contribution in [-0.2, 0) is 35.5 Å². The molecular formula is C91H74FN27O3. The first kappa shape index (κ1) is 78.0. The topological polar surface area (TPSA) is 351 Å². The molecule has 0 bridgehead atoms. The highest BCUT2D eigenvalue weighted by Gasteiger charge is 2.44. The van der Waals surface area contributed by atoms with Crippen molar-refractivity contribution >= 4 is 69.2 Å². The summed E-state index contributed by atoms with van der Waals surface area (Å²) >= 11 is 0. The number of nitrogens with one attached hydrogen (secondary N) is 3. The zero-order valence-corrected chi connectivity index (χ0v) is 66.3. The Morgan fingerprint density at radius 3 is 1.25 bits per heavy atom. The molecule has 0 aromatic carbocycles. The molecule has 122 heavy (non-hydrogen) atoms. The zero-order valence-electron chi connectivity index (χ0n) is 66.3. The van der Waals surface area contributed by atoms with Gasteiger partial charge in [-0.1, -0.05) is 24.0 Å². The third-order valence-electron chi connectivity index (χ3n) is 22.7. The first-order valence-electron chi connectivity index (χ1n) is 39.2. The number of nitriles is 3. The largest absolute Gasteiger partial charge is 0.357 e. The van der Waals surface area contributed by atoms with Crippen molar-refractivity contribution in [2.45, 2.75) is 38.5 Å². The van der Waals surface area contributed by atoms with Crippen molar-refractivity contribution in [2.75, 3.05) is 69.9 Å². The molecule has 0 radical (unpaired) electrons. The molecule has 15 aromatic rings. The van der Waals surface area contributed by atoms with Gasteiger partial charge in [0.25, 0.3) is 0 Å². The quantitative estimate of drug-likeness (QED) is 0.0803. The number of aryl methyl sites for hydroxylation is 3. The highest BCUT2D eigenvalue weighted by molar-refractivity contribution is 5.96. The van der Waals surface area contributed by atoms with Gasteiger partial charge in [-0.3, -0.25) is 28.4 Å². The van der Waals surface area contributed by atoms with Crippen molar-refractivity contribution in [1.82, 2.24) is 88.1 Å². The number of fused-ring (bicyclic) bond motifs is 3. The van der Waals surface area contributed by atoms with E-state index >= 15 is 0 Å². The molecule has 2 atom stereocenters. The molecule has 3 aliphatic heterocycles. The number of rotatable bonds is 15. The van der Waals surface area contributed by atoms with Crippen molar-refractivity contribution in [3.05, 3.63) is 236 Å². The Labute approximate surface area is 698 Å². The van der Waals surface area contributed by atoms with Crippen LogP contribution < -0.4 is 30.7 Å². The fraction of sp³-hybridized carbons (Fsp3) is 0.209. The maximum Gasteiger partial charge on any atom is 0.232 e. The van der Waals surface area contributed by atoms with Crippen LogP contribution in [-0.4, -0.2) is 145 Å². The third-order valence-corrected chi connectivity index (χ3v) is 22.7. The molecule has 1 spiro atoms. The van der Waals surface area contributed by atoms with Gasteiger partial charge in [0.15, 0.2) is 11.5 Å². The molecule has 598 valence electrons. The Morgan fingerprint density at radius 1 is 0.418 bits per heavy atom. The van der Waals surface area contributed by atoms with E-state index in [1.54, 1.807) is 114 Å². The number of piperidine rings is 1. The van der Waals surface area contributed by atoms with E-state index < -0.39 is 5.82 Å². The van der Waals surface area contributed by atoms with Gasteiger partial charge in [0, 0.05) is 189 Å². The molecule has 3 N–H and O–H groups in total. The maximum absolute atomic E-state index is 13.7. The van der Waals surface area contributed by atoms with Crippen LogP contribution >= 0.6 is 0 Å². The molecule has 15 aromatic heterocycles. The fourth-order valence-corrected chi connectivity index (χ4v) is 16.2. The summed E-state index contributed by atoms with van der Waals surface area (Å²) in [6, 6.07) is 37.8. The zero-order chi connectivity index (χ0) is 84.3. The molecule has 18 heterocycles. The Kier molecular flexibility index (Phi) is 21.3. The molecular weight excluding hydrogens is 1540 g/mol. The second-order valence-corrected chi connectivity index (χ2v) is 30.4. The standard InChI is InChI=1S/C34H30FN9O.C29H23N9O.C28H21N9O/c1-3-29-28(35)5-6-30(40-29)41-33(45)22-8-9-34(15-22)10-12-43(13-11-34)31-7-4-23(17-37-31)27-14-24(26-19-38-42(2)20-26)21-44-32(27)25(16-36)18-39-44;1-3-24-5-4-6-26(34-24)35-29(39)20-9-10-37(17-20)27-8-7-19(13-31-27)25-11-21(23-15-32-36(2)16-23)18-38-28(25)22(12-30)14-33-38;1-3-23-5-4-6-25(33-23)34-28(38)22-15-36(16-22)26-8-7-18(11-30-26)24-9-19(21-13-31-35(2)14-21)17-37-27(24)20(10-29)12-32-37/h1,4-7,14,17-22H,8-13,15H2,2H3,(H,40,41,45);1,4-8,11,13-16,18,20H,9-10,17H2,2H3,(H,34,35,39);1,4-9,11-14,17,22H,15-16H2,2H3,(H,33,34,38). The lowest BCUT2D eigenvalue weighted by molar-refractivity contribution is -0.121. The van der Waals surface area contributed by atoms with Gasteiger partial charge in [0.1, 0.15) is 64.5 Å². The smallest absolute Gasteiger partial charge is 0.232 e. The van der Waals surface area contributed by atoms with Gasteiger partial charge in [0.2, 0.25) is 17.7 Å². The van der Waals surface area contributed by atoms with E-state index in [0.717, 1.165) is 146 Å². The van der Waals surface area contributed by atoms with Crippen LogP contribution in [0.5, 0.6) is 0 Å². The van der Waals surface area contributed by atoms with E-state index in [2.05, 4.69) is 118 Å². The number of hydrogen-bond donors (Lipinski definition) is 3. The number of halogens is 1. The van der Waals surface area contributed by atoms with Gasteiger partial charge in [-0.15, -0.1) is 19.3 Å². The Morgan fingerprint density at radius 2 is 0.836 bits per heavy atom. The second-order valence-electron chi connectivity index (χ2n) is 30.4. The third kappa shape index (κ3) is 16.0. The summed E-state index contributed by atoms with van der Waals surface area (Å²) < 4.78 is 24.1. The number of anilines is 6. The average Bonchev–Trinajstić information content (AvgIpc) is 1.58. The summed E-state index contributed by atoms with van der Waals surface area (Å²) in [6.07, 6.45) is 48.5.